The second kappa shape index (κ2) is 11.9. The molecule has 1 aliphatic carbocycles. The number of benzene rings is 3. The quantitative estimate of drug-likeness (QED) is 0.410. The van der Waals surface area contributed by atoms with Crippen LogP contribution in [0.1, 0.15) is 53.9 Å². The molecule has 1 unspecified atom stereocenters. The van der Waals surface area contributed by atoms with Crippen molar-refractivity contribution >= 4 is 5.97 Å². The maximum Gasteiger partial charge on any atom is 0.306 e. The molecule has 0 aromatic heterocycles. The van der Waals surface area contributed by atoms with Crippen LogP contribution in [0.25, 0.3) is 11.1 Å². The Balaban J connectivity index is 0.000000529. The first-order chi connectivity index (χ1) is 18.5. The number of methoxy groups -OCH3 is 1. The maximum atomic E-state index is 14.9. The molecule has 7 heteroatoms. The number of rotatable bonds is 5. The van der Waals surface area contributed by atoms with Crippen molar-refractivity contribution in [2.75, 3.05) is 26.9 Å². The predicted octanol–water partition coefficient (Wildman–Crippen LogP) is 6.10. The molecule has 6 rings (SSSR count). The summed E-state index contributed by atoms with van der Waals surface area (Å²) >= 11 is 0. The Labute approximate surface area is 222 Å². The van der Waals surface area contributed by atoms with Crippen LogP contribution in [0.15, 0.2) is 48.5 Å². The molecule has 2 aliphatic heterocycles. The Hall–Kier alpha value is -3.58. The zero-order valence-corrected chi connectivity index (χ0v) is 21.6. The van der Waals surface area contributed by atoms with Gasteiger partial charge in [0.15, 0.2) is 0 Å². The number of hydrogen-bond acceptors (Lipinski definition) is 6. The molecule has 6 nitrogen and oxygen atoms in total. The fraction of sp³-hybridized carbons (Fsp3) is 0.387. The van der Waals surface area contributed by atoms with Crippen molar-refractivity contribution in [3.05, 3.63) is 76.6 Å². The van der Waals surface area contributed by atoms with Crippen LogP contribution in [0, 0.1) is 5.82 Å². The molecule has 1 atom stereocenters. The molecular formula is C31H33FO6. The van der Waals surface area contributed by atoms with Gasteiger partial charge in [0.25, 0.3) is 0 Å². The molecule has 0 bridgehead atoms. The number of aryl methyl sites for hydroxylation is 2. The molecule has 0 saturated carbocycles. The Kier molecular flexibility index (Phi) is 8.13. The lowest BCUT2D eigenvalue weighted by Crippen LogP contribution is -2.09. The van der Waals surface area contributed by atoms with Crippen LogP contribution in [0.2, 0.25) is 0 Å². The molecule has 1 N–H and O–H groups in total. The number of carbonyl (C=O) groups excluding carboxylic acids is 1. The van der Waals surface area contributed by atoms with Crippen molar-refractivity contribution in [3.8, 4) is 28.4 Å². The molecular weight excluding hydrogens is 487 g/mol. The van der Waals surface area contributed by atoms with Gasteiger partial charge in [-0.15, -0.1) is 0 Å². The largest absolute Gasteiger partial charge is 0.508 e. The number of esters is 1. The summed E-state index contributed by atoms with van der Waals surface area (Å²) in [5, 5.41) is 9.86. The van der Waals surface area contributed by atoms with E-state index in [9.17, 15) is 14.3 Å². The summed E-state index contributed by atoms with van der Waals surface area (Å²) in [6.07, 6.45) is 5.36. The van der Waals surface area contributed by atoms with Crippen LogP contribution in [0.5, 0.6) is 17.2 Å². The van der Waals surface area contributed by atoms with Gasteiger partial charge in [-0.25, -0.2) is 4.39 Å². The molecule has 0 radical (unpaired) electrons. The molecule has 2 heterocycles. The Morgan fingerprint density at radius 1 is 1.00 bits per heavy atom. The monoisotopic (exact) mass is 520 g/mol. The van der Waals surface area contributed by atoms with Gasteiger partial charge in [-0.2, -0.15) is 0 Å². The Morgan fingerprint density at radius 3 is 2.53 bits per heavy atom. The van der Waals surface area contributed by atoms with Gasteiger partial charge in [0, 0.05) is 36.3 Å². The molecule has 38 heavy (non-hydrogen) atoms. The summed E-state index contributed by atoms with van der Waals surface area (Å²) in [6, 6.07) is 14.3. The van der Waals surface area contributed by atoms with Crippen molar-refractivity contribution in [1.82, 2.24) is 0 Å². The Bertz CT molecular complexity index is 1290. The lowest BCUT2D eigenvalue weighted by molar-refractivity contribution is -0.141. The highest BCUT2D eigenvalue weighted by atomic mass is 19.1. The third-order valence-corrected chi connectivity index (χ3v) is 7.27. The zero-order valence-electron chi connectivity index (χ0n) is 21.6. The second-order valence-electron chi connectivity index (χ2n) is 9.89. The van der Waals surface area contributed by atoms with Crippen LogP contribution in [0.4, 0.5) is 4.39 Å². The summed E-state index contributed by atoms with van der Waals surface area (Å²) in [5.74, 6) is 0.905. The zero-order chi connectivity index (χ0) is 26.5. The average Bonchev–Trinajstić information content (AvgIpc) is 3.59. The smallest absolute Gasteiger partial charge is 0.306 e. The van der Waals surface area contributed by atoms with E-state index in [0.29, 0.717) is 23.7 Å². The molecule has 0 spiro atoms. The van der Waals surface area contributed by atoms with Crippen molar-refractivity contribution in [1.29, 1.82) is 0 Å². The molecule has 0 amide bonds. The number of hydrogen-bond donors (Lipinski definition) is 1. The van der Waals surface area contributed by atoms with E-state index in [2.05, 4.69) is 0 Å². The topological polar surface area (TPSA) is 74.2 Å². The fourth-order valence-corrected chi connectivity index (χ4v) is 5.22. The summed E-state index contributed by atoms with van der Waals surface area (Å²) < 4.78 is 36.2. The van der Waals surface area contributed by atoms with Crippen molar-refractivity contribution in [2.24, 2.45) is 0 Å². The van der Waals surface area contributed by atoms with Crippen molar-refractivity contribution in [3.63, 3.8) is 0 Å². The van der Waals surface area contributed by atoms with Crippen LogP contribution in [-0.2, 0) is 33.7 Å². The highest BCUT2D eigenvalue weighted by Gasteiger charge is 2.27. The van der Waals surface area contributed by atoms with Gasteiger partial charge in [-0.1, -0.05) is 12.1 Å². The lowest BCUT2D eigenvalue weighted by atomic mass is 9.94. The van der Waals surface area contributed by atoms with E-state index in [-0.39, 0.29) is 36.5 Å². The second-order valence-corrected chi connectivity index (χ2v) is 9.89. The van der Waals surface area contributed by atoms with Crippen molar-refractivity contribution < 1.29 is 33.2 Å². The van der Waals surface area contributed by atoms with Gasteiger partial charge in [0.05, 0.1) is 20.1 Å². The average molecular weight is 521 g/mol. The predicted molar refractivity (Wildman–Crippen MR) is 141 cm³/mol. The standard InChI is InChI=1S/C27H25FO5.C4H8O/c1-31-27(30)12-18-14-33-26-13-21(6-8-23(18)26)32-15-19-10-24-17(11-25(19)28)4-2-3-16-9-20(29)5-7-22(16)24;1-2-4-5-3-1/h5-11,13,18,29H,2-4,12,14-15H2,1H3;1-4H2. The van der Waals surface area contributed by atoms with E-state index in [0.717, 1.165) is 60.3 Å². The van der Waals surface area contributed by atoms with Gasteiger partial charge in [-0.3, -0.25) is 4.79 Å². The number of halogens is 1. The van der Waals surface area contributed by atoms with Gasteiger partial charge >= 0.3 is 5.97 Å². The van der Waals surface area contributed by atoms with E-state index in [1.54, 1.807) is 24.3 Å². The van der Waals surface area contributed by atoms with E-state index >= 15 is 0 Å². The molecule has 3 aliphatic rings. The summed E-state index contributed by atoms with van der Waals surface area (Å²) in [4.78, 5) is 11.6. The first-order valence-electron chi connectivity index (χ1n) is 13.2. The Morgan fingerprint density at radius 2 is 1.79 bits per heavy atom. The van der Waals surface area contributed by atoms with E-state index in [1.165, 1.54) is 20.0 Å². The number of phenolic OH excluding ortho intramolecular Hbond substituents is 1. The fourth-order valence-electron chi connectivity index (χ4n) is 5.22. The number of aromatic hydroxyl groups is 1. The van der Waals surface area contributed by atoms with Crippen LogP contribution < -0.4 is 9.47 Å². The summed E-state index contributed by atoms with van der Waals surface area (Å²) in [6.45, 7) is 2.50. The number of ether oxygens (including phenoxy) is 4. The first-order valence-corrected chi connectivity index (χ1v) is 13.2. The van der Waals surface area contributed by atoms with Crippen LogP contribution >= 0.6 is 0 Å². The highest BCUT2D eigenvalue weighted by molar-refractivity contribution is 5.73. The number of fused-ring (bicyclic) bond motifs is 4. The molecule has 3 aromatic rings. The van der Waals surface area contributed by atoms with Gasteiger partial charge < -0.3 is 24.1 Å². The SMILES string of the molecule is C1CCOC1.COC(=O)CC1COc2cc(OCc3cc4c(cc3F)CCCc3cc(O)ccc3-4)ccc21. The molecule has 1 fully saturated rings. The van der Waals surface area contributed by atoms with Crippen LogP contribution in [-0.4, -0.2) is 38.0 Å². The lowest BCUT2D eigenvalue weighted by Gasteiger charge is -2.14. The minimum atomic E-state index is -0.286. The van der Waals surface area contributed by atoms with Gasteiger partial charge in [-0.05, 0) is 84.7 Å². The van der Waals surface area contributed by atoms with E-state index in [1.807, 2.05) is 24.3 Å². The van der Waals surface area contributed by atoms with Crippen LogP contribution in [0.3, 0.4) is 0 Å². The van der Waals surface area contributed by atoms with E-state index in [4.69, 9.17) is 18.9 Å². The molecule has 200 valence electrons. The van der Waals surface area contributed by atoms with Crippen molar-refractivity contribution in [2.45, 2.75) is 51.0 Å². The highest BCUT2D eigenvalue weighted by Crippen LogP contribution is 2.39. The maximum absolute atomic E-state index is 14.9. The molecule has 1 saturated heterocycles. The third-order valence-electron chi connectivity index (χ3n) is 7.27. The minimum absolute atomic E-state index is 0.0389. The number of carbonyl (C=O) groups is 1. The van der Waals surface area contributed by atoms with E-state index < -0.39 is 0 Å². The normalized spacial score (nSPS) is 17.2. The number of phenols is 1. The molecule has 3 aromatic carbocycles. The minimum Gasteiger partial charge on any atom is -0.508 e. The first kappa shape index (κ1) is 26.0. The third kappa shape index (κ3) is 5.94. The van der Waals surface area contributed by atoms with Gasteiger partial charge in [0.1, 0.15) is 29.7 Å². The summed E-state index contributed by atoms with van der Waals surface area (Å²) in [5.41, 5.74) is 5.49. The summed E-state index contributed by atoms with van der Waals surface area (Å²) in [7, 11) is 1.38. The van der Waals surface area contributed by atoms with Gasteiger partial charge in [0.2, 0.25) is 0 Å².